The molecule has 0 heterocycles. The fourth-order valence-corrected chi connectivity index (χ4v) is 1.10. The Bertz CT molecular complexity index is 226. The molecule has 0 aliphatic rings. The van der Waals surface area contributed by atoms with Crippen molar-refractivity contribution in [3.63, 3.8) is 0 Å². The van der Waals surface area contributed by atoms with Crippen molar-refractivity contribution >= 4 is 11.6 Å². The summed E-state index contributed by atoms with van der Waals surface area (Å²) in [5, 5.41) is 18.1. The molecular weight excluding hydrogens is 164 g/mol. The number of aliphatic hydroxyl groups excluding tert-OH is 1. The van der Waals surface area contributed by atoms with Crippen LogP contribution < -0.4 is 0 Å². The van der Waals surface area contributed by atoms with Crippen LogP contribution in [0.3, 0.4) is 0 Å². The summed E-state index contributed by atoms with van der Waals surface area (Å²) in [5.41, 5.74) is 1.17. The maximum atomic E-state index is 9.34. The monoisotopic (exact) mass is 172 g/mol. The molecule has 0 aromatic heterocycles. The van der Waals surface area contributed by atoms with Crippen LogP contribution >= 0.6 is 11.6 Å². The summed E-state index contributed by atoms with van der Waals surface area (Å²) >= 11 is 5.52. The summed E-state index contributed by atoms with van der Waals surface area (Å²) < 4.78 is 0. The summed E-state index contributed by atoms with van der Waals surface area (Å²) in [6.07, 6.45) is 0. The molecule has 0 radical (unpaired) electrons. The van der Waals surface area contributed by atoms with Gasteiger partial charge in [-0.05, 0) is 0 Å². The molecule has 0 spiro atoms. The molecule has 1 aromatic rings. The largest absolute Gasteiger partial charge is 0.507 e. The first-order valence-electron chi connectivity index (χ1n) is 3.26. The van der Waals surface area contributed by atoms with Gasteiger partial charge in [0.1, 0.15) is 5.75 Å². The molecule has 0 aliphatic carbocycles. The van der Waals surface area contributed by atoms with Crippen molar-refractivity contribution in [1.29, 1.82) is 0 Å². The minimum atomic E-state index is -0.156. The average Bonchev–Trinajstić information content (AvgIpc) is 2.05. The number of hydrogen-bond acceptors (Lipinski definition) is 2. The van der Waals surface area contributed by atoms with Crippen molar-refractivity contribution in [3.8, 4) is 5.75 Å². The molecule has 11 heavy (non-hydrogen) atoms. The van der Waals surface area contributed by atoms with Crippen molar-refractivity contribution in [2.75, 3.05) is 0 Å². The molecule has 2 N–H and O–H groups in total. The molecular formula is C8H9ClO2. The van der Waals surface area contributed by atoms with E-state index in [0.29, 0.717) is 11.1 Å². The van der Waals surface area contributed by atoms with Gasteiger partial charge in [0, 0.05) is 11.1 Å². The zero-order valence-corrected chi connectivity index (χ0v) is 6.67. The number of para-hydroxylation sites is 1. The lowest BCUT2D eigenvalue weighted by molar-refractivity contribution is 0.275. The van der Waals surface area contributed by atoms with E-state index in [1.54, 1.807) is 18.2 Å². The molecule has 0 saturated heterocycles. The van der Waals surface area contributed by atoms with E-state index in [1.165, 1.54) is 0 Å². The van der Waals surface area contributed by atoms with E-state index < -0.39 is 0 Å². The van der Waals surface area contributed by atoms with Crippen LogP contribution in [0.5, 0.6) is 5.75 Å². The van der Waals surface area contributed by atoms with Gasteiger partial charge in [-0.2, -0.15) is 0 Å². The fourth-order valence-electron chi connectivity index (χ4n) is 0.880. The minimum Gasteiger partial charge on any atom is -0.507 e. The molecule has 2 nitrogen and oxygen atoms in total. The highest BCUT2D eigenvalue weighted by atomic mass is 35.5. The molecule has 1 aromatic carbocycles. The Balaban J connectivity index is 3.10. The third kappa shape index (κ3) is 1.64. The lowest BCUT2D eigenvalue weighted by atomic mass is 10.1. The number of aromatic hydroxyl groups is 1. The summed E-state index contributed by atoms with van der Waals surface area (Å²) in [6, 6.07) is 5.13. The highest BCUT2D eigenvalue weighted by Crippen LogP contribution is 2.23. The number of rotatable bonds is 2. The van der Waals surface area contributed by atoms with Crippen LogP contribution in [0.15, 0.2) is 18.2 Å². The standard InChI is InChI=1S/C8H9ClO2/c9-4-6-2-1-3-7(5-10)8(6)11/h1-3,10-11H,4-5H2. The lowest BCUT2D eigenvalue weighted by Gasteiger charge is -2.03. The summed E-state index contributed by atoms with van der Waals surface area (Å²) in [7, 11) is 0. The summed E-state index contributed by atoms with van der Waals surface area (Å²) in [5.74, 6) is 0.365. The number of hydrogen-bond donors (Lipinski definition) is 2. The maximum Gasteiger partial charge on any atom is 0.125 e. The van der Waals surface area contributed by atoms with E-state index in [0.717, 1.165) is 0 Å². The number of alkyl halides is 1. The van der Waals surface area contributed by atoms with E-state index >= 15 is 0 Å². The lowest BCUT2D eigenvalue weighted by Crippen LogP contribution is -1.87. The maximum absolute atomic E-state index is 9.34. The van der Waals surface area contributed by atoms with Crippen LogP contribution in [-0.2, 0) is 12.5 Å². The Kier molecular flexibility index (Phi) is 2.74. The van der Waals surface area contributed by atoms with Crippen LogP contribution in [0, 0.1) is 0 Å². The number of phenols is 1. The zero-order valence-electron chi connectivity index (χ0n) is 5.92. The first-order chi connectivity index (χ1) is 5.29. The Hall–Kier alpha value is -0.730. The zero-order chi connectivity index (χ0) is 8.27. The van der Waals surface area contributed by atoms with Crippen LogP contribution in [0.4, 0.5) is 0 Å². The normalized spacial score (nSPS) is 10.0. The smallest absolute Gasteiger partial charge is 0.125 e. The Morgan fingerprint density at radius 1 is 1.27 bits per heavy atom. The number of benzene rings is 1. The molecule has 0 unspecified atom stereocenters. The first kappa shape index (κ1) is 8.37. The van der Waals surface area contributed by atoms with Crippen molar-refractivity contribution in [2.24, 2.45) is 0 Å². The van der Waals surface area contributed by atoms with E-state index in [4.69, 9.17) is 16.7 Å². The van der Waals surface area contributed by atoms with Gasteiger partial charge < -0.3 is 10.2 Å². The van der Waals surface area contributed by atoms with Gasteiger partial charge in [-0.1, -0.05) is 18.2 Å². The molecule has 0 saturated carbocycles. The Labute approximate surface area is 70.1 Å². The number of aliphatic hydroxyl groups is 1. The first-order valence-corrected chi connectivity index (χ1v) is 3.79. The summed E-state index contributed by atoms with van der Waals surface area (Å²) in [4.78, 5) is 0. The van der Waals surface area contributed by atoms with Gasteiger partial charge in [-0.15, -0.1) is 11.6 Å². The molecule has 3 heteroatoms. The Morgan fingerprint density at radius 3 is 2.45 bits per heavy atom. The van der Waals surface area contributed by atoms with Crippen LogP contribution in [0.1, 0.15) is 11.1 Å². The van der Waals surface area contributed by atoms with E-state index in [2.05, 4.69) is 0 Å². The van der Waals surface area contributed by atoms with E-state index in [-0.39, 0.29) is 18.2 Å². The van der Waals surface area contributed by atoms with Crippen LogP contribution in [0.25, 0.3) is 0 Å². The molecule has 0 fully saturated rings. The van der Waals surface area contributed by atoms with Crippen molar-refractivity contribution in [3.05, 3.63) is 29.3 Å². The van der Waals surface area contributed by atoms with E-state index in [9.17, 15) is 5.11 Å². The highest BCUT2D eigenvalue weighted by molar-refractivity contribution is 6.17. The summed E-state index contributed by atoms with van der Waals surface area (Å²) in [6.45, 7) is -0.156. The number of halogens is 1. The molecule has 0 atom stereocenters. The quantitative estimate of drug-likeness (QED) is 0.666. The fraction of sp³-hybridized carbons (Fsp3) is 0.250. The van der Waals surface area contributed by atoms with Gasteiger partial charge in [0.2, 0.25) is 0 Å². The predicted octanol–water partition coefficient (Wildman–Crippen LogP) is 1.62. The molecule has 0 aliphatic heterocycles. The topological polar surface area (TPSA) is 40.5 Å². The van der Waals surface area contributed by atoms with Gasteiger partial charge in [-0.3, -0.25) is 0 Å². The van der Waals surface area contributed by atoms with Crippen molar-refractivity contribution in [2.45, 2.75) is 12.5 Å². The minimum absolute atomic E-state index is 0.102. The van der Waals surface area contributed by atoms with Crippen molar-refractivity contribution in [1.82, 2.24) is 0 Å². The molecule has 1 rings (SSSR count). The Morgan fingerprint density at radius 2 is 1.91 bits per heavy atom. The van der Waals surface area contributed by atoms with Gasteiger partial charge in [0.15, 0.2) is 0 Å². The van der Waals surface area contributed by atoms with Crippen LogP contribution in [0.2, 0.25) is 0 Å². The highest BCUT2D eigenvalue weighted by Gasteiger charge is 2.03. The molecule has 60 valence electrons. The molecule has 0 amide bonds. The van der Waals surface area contributed by atoms with Gasteiger partial charge >= 0.3 is 0 Å². The third-order valence-electron chi connectivity index (χ3n) is 1.52. The second-order valence-corrected chi connectivity index (χ2v) is 2.48. The van der Waals surface area contributed by atoms with Gasteiger partial charge in [0.25, 0.3) is 0 Å². The SMILES string of the molecule is OCc1cccc(CCl)c1O. The second kappa shape index (κ2) is 3.60. The van der Waals surface area contributed by atoms with Gasteiger partial charge in [-0.25, -0.2) is 0 Å². The van der Waals surface area contributed by atoms with Gasteiger partial charge in [0.05, 0.1) is 12.5 Å². The second-order valence-electron chi connectivity index (χ2n) is 2.22. The molecule has 0 bridgehead atoms. The van der Waals surface area contributed by atoms with E-state index in [1.807, 2.05) is 0 Å². The third-order valence-corrected chi connectivity index (χ3v) is 1.81. The van der Waals surface area contributed by atoms with Crippen LogP contribution in [-0.4, -0.2) is 10.2 Å². The van der Waals surface area contributed by atoms with Crippen molar-refractivity contribution < 1.29 is 10.2 Å². The predicted molar refractivity (Wildman–Crippen MR) is 43.6 cm³/mol. The average molecular weight is 173 g/mol.